The van der Waals surface area contributed by atoms with E-state index in [4.69, 9.17) is 20.5 Å². The molecule has 0 heterocycles. The normalized spacial score (nSPS) is 14.5. The zero-order chi connectivity index (χ0) is 18.2. The van der Waals surface area contributed by atoms with Gasteiger partial charge in [0.1, 0.15) is 5.82 Å². The summed E-state index contributed by atoms with van der Waals surface area (Å²) in [5, 5.41) is 0.0545. The Labute approximate surface area is 149 Å². The molecule has 0 N–H and O–H groups in total. The maximum atomic E-state index is 14.4. The highest BCUT2D eigenvalue weighted by Gasteiger charge is 2.26. The average molecular weight is 381 g/mol. The van der Waals surface area contributed by atoms with Crippen molar-refractivity contribution in [1.82, 2.24) is 0 Å². The SMILES string of the molecule is CCCC[C@H](CC)C(OCCOS(C)(=O)=O)c1cccc(Cl)c1F. The Morgan fingerprint density at radius 2 is 1.96 bits per heavy atom. The molecular weight excluding hydrogens is 355 g/mol. The first-order valence-corrected chi connectivity index (χ1v) is 10.4. The summed E-state index contributed by atoms with van der Waals surface area (Å²) in [7, 11) is -3.52. The molecule has 1 aromatic rings. The predicted molar refractivity (Wildman–Crippen MR) is 94.2 cm³/mol. The lowest BCUT2D eigenvalue weighted by atomic mass is 9.88. The molecule has 0 saturated heterocycles. The molecule has 24 heavy (non-hydrogen) atoms. The van der Waals surface area contributed by atoms with Gasteiger partial charge < -0.3 is 4.74 Å². The number of halogens is 2. The molecule has 7 heteroatoms. The maximum absolute atomic E-state index is 14.4. The zero-order valence-corrected chi connectivity index (χ0v) is 16.0. The van der Waals surface area contributed by atoms with Crippen molar-refractivity contribution in [2.24, 2.45) is 5.92 Å². The molecule has 0 amide bonds. The van der Waals surface area contributed by atoms with Gasteiger partial charge in [0.05, 0.1) is 30.6 Å². The van der Waals surface area contributed by atoms with Crippen molar-refractivity contribution in [3.8, 4) is 0 Å². The van der Waals surface area contributed by atoms with E-state index >= 15 is 0 Å². The minimum Gasteiger partial charge on any atom is -0.371 e. The van der Waals surface area contributed by atoms with Crippen LogP contribution < -0.4 is 0 Å². The van der Waals surface area contributed by atoms with E-state index in [9.17, 15) is 12.8 Å². The monoisotopic (exact) mass is 380 g/mol. The third-order valence-electron chi connectivity index (χ3n) is 3.85. The number of unbranched alkanes of at least 4 members (excludes halogenated alkanes) is 1. The highest BCUT2D eigenvalue weighted by atomic mass is 35.5. The van der Waals surface area contributed by atoms with Crippen molar-refractivity contribution in [2.45, 2.75) is 45.6 Å². The Bertz CT molecular complexity index is 607. The van der Waals surface area contributed by atoms with Gasteiger partial charge >= 0.3 is 0 Å². The van der Waals surface area contributed by atoms with Gasteiger partial charge in [-0.05, 0) is 18.4 Å². The first kappa shape index (κ1) is 21.4. The van der Waals surface area contributed by atoms with Crippen LogP contribution in [-0.4, -0.2) is 27.9 Å². The Hall–Kier alpha value is -0.690. The molecule has 0 aliphatic carbocycles. The van der Waals surface area contributed by atoms with Gasteiger partial charge in [-0.1, -0.05) is 56.8 Å². The number of rotatable bonds is 11. The Morgan fingerprint density at radius 1 is 1.25 bits per heavy atom. The van der Waals surface area contributed by atoms with Crippen LogP contribution in [0.3, 0.4) is 0 Å². The van der Waals surface area contributed by atoms with E-state index in [1.165, 1.54) is 6.07 Å². The van der Waals surface area contributed by atoms with Crippen LogP contribution in [0.25, 0.3) is 0 Å². The Balaban J connectivity index is 2.91. The lowest BCUT2D eigenvalue weighted by molar-refractivity contribution is -0.00873. The minimum atomic E-state index is -3.52. The lowest BCUT2D eigenvalue weighted by Crippen LogP contribution is -2.20. The second kappa shape index (κ2) is 10.3. The summed E-state index contributed by atoms with van der Waals surface area (Å²) in [5.41, 5.74) is 0.407. The molecule has 1 aromatic carbocycles. The van der Waals surface area contributed by atoms with E-state index in [-0.39, 0.29) is 24.2 Å². The van der Waals surface area contributed by atoms with Crippen molar-refractivity contribution in [3.05, 3.63) is 34.6 Å². The van der Waals surface area contributed by atoms with Crippen LogP contribution >= 0.6 is 11.6 Å². The van der Waals surface area contributed by atoms with Crippen molar-refractivity contribution in [2.75, 3.05) is 19.5 Å². The molecule has 0 aromatic heterocycles. The highest BCUT2D eigenvalue weighted by Crippen LogP contribution is 2.35. The van der Waals surface area contributed by atoms with Gasteiger partial charge in [0.2, 0.25) is 0 Å². The fourth-order valence-electron chi connectivity index (χ4n) is 2.62. The van der Waals surface area contributed by atoms with Gasteiger partial charge in [-0.15, -0.1) is 0 Å². The second-order valence-corrected chi connectivity index (χ2v) is 7.82. The average Bonchev–Trinajstić information content (AvgIpc) is 2.52. The fourth-order valence-corrected chi connectivity index (χ4v) is 3.17. The molecule has 0 spiro atoms. The lowest BCUT2D eigenvalue weighted by Gasteiger charge is -2.27. The smallest absolute Gasteiger partial charge is 0.264 e. The molecule has 0 aliphatic heterocycles. The van der Waals surface area contributed by atoms with Gasteiger partial charge in [0.15, 0.2) is 0 Å². The third kappa shape index (κ3) is 7.05. The molecule has 0 radical (unpaired) electrons. The molecule has 0 fully saturated rings. The first-order chi connectivity index (χ1) is 11.3. The third-order valence-corrected chi connectivity index (χ3v) is 4.73. The van der Waals surface area contributed by atoms with Crippen LogP contribution in [0.1, 0.15) is 51.2 Å². The van der Waals surface area contributed by atoms with E-state index in [2.05, 4.69) is 6.92 Å². The molecule has 2 atom stereocenters. The number of hydrogen-bond acceptors (Lipinski definition) is 4. The van der Waals surface area contributed by atoms with Crippen molar-refractivity contribution < 1.29 is 21.7 Å². The fraction of sp³-hybridized carbons (Fsp3) is 0.647. The van der Waals surface area contributed by atoms with E-state index in [0.29, 0.717) is 5.56 Å². The summed E-state index contributed by atoms with van der Waals surface area (Å²) < 4.78 is 47.0. The Morgan fingerprint density at radius 3 is 2.54 bits per heavy atom. The topological polar surface area (TPSA) is 52.6 Å². The minimum absolute atomic E-state index is 0.0545. The molecule has 0 bridgehead atoms. The molecule has 1 rings (SSSR count). The van der Waals surface area contributed by atoms with E-state index in [1.807, 2.05) is 6.92 Å². The Kier molecular flexibility index (Phi) is 9.19. The largest absolute Gasteiger partial charge is 0.371 e. The summed E-state index contributed by atoms with van der Waals surface area (Å²) in [6.45, 7) is 4.10. The van der Waals surface area contributed by atoms with Crippen LogP contribution in [0.15, 0.2) is 18.2 Å². The van der Waals surface area contributed by atoms with Crippen LogP contribution in [0.4, 0.5) is 4.39 Å². The quantitative estimate of drug-likeness (QED) is 0.411. The zero-order valence-electron chi connectivity index (χ0n) is 14.4. The van der Waals surface area contributed by atoms with Crippen LogP contribution in [-0.2, 0) is 19.0 Å². The summed E-state index contributed by atoms with van der Waals surface area (Å²) in [6.07, 6.45) is 4.28. The molecule has 1 unspecified atom stereocenters. The molecular formula is C17H26ClFO4S. The number of ether oxygens (including phenoxy) is 1. The van der Waals surface area contributed by atoms with Gasteiger partial charge in [0, 0.05) is 5.56 Å². The van der Waals surface area contributed by atoms with Crippen molar-refractivity contribution in [3.63, 3.8) is 0 Å². The van der Waals surface area contributed by atoms with Crippen LogP contribution in [0.2, 0.25) is 5.02 Å². The molecule has 4 nitrogen and oxygen atoms in total. The standard InChI is InChI=1S/C17H26ClFO4S/c1-4-6-8-13(5-2)17(22-11-12-23-24(3,20)21)14-9-7-10-15(18)16(14)19/h7,9-10,13,17H,4-6,8,11-12H2,1-3H3/t13-,17?/m0/s1. The van der Waals surface area contributed by atoms with Gasteiger partial charge in [-0.2, -0.15) is 8.42 Å². The highest BCUT2D eigenvalue weighted by molar-refractivity contribution is 7.85. The second-order valence-electron chi connectivity index (χ2n) is 5.77. The van der Waals surface area contributed by atoms with Crippen LogP contribution in [0, 0.1) is 11.7 Å². The number of benzene rings is 1. The summed E-state index contributed by atoms with van der Waals surface area (Å²) >= 11 is 5.90. The summed E-state index contributed by atoms with van der Waals surface area (Å²) in [4.78, 5) is 0. The molecule has 138 valence electrons. The van der Waals surface area contributed by atoms with E-state index in [0.717, 1.165) is 31.9 Å². The van der Waals surface area contributed by atoms with Crippen molar-refractivity contribution >= 4 is 21.7 Å². The summed E-state index contributed by atoms with van der Waals surface area (Å²) in [6, 6.07) is 4.85. The van der Waals surface area contributed by atoms with E-state index < -0.39 is 22.0 Å². The van der Waals surface area contributed by atoms with Crippen LogP contribution in [0.5, 0.6) is 0 Å². The predicted octanol–water partition coefficient (Wildman–Crippen LogP) is 4.73. The summed E-state index contributed by atoms with van der Waals surface area (Å²) in [5.74, 6) is -0.362. The van der Waals surface area contributed by atoms with Gasteiger partial charge in [0.25, 0.3) is 10.1 Å². The van der Waals surface area contributed by atoms with Crippen molar-refractivity contribution in [1.29, 1.82) is 0 Å². The van der Waals surface area contributed by atoms with Gasteiger partial charge in [-0.3, -0.25) is 4.18 Å². The number of hydrogen-bond donors (Lipinski definition) is 0. The first-order valence-electron chi connectivity index (χ1n) is 8.20. The van der Waals surface area contributed by atoms with Gasteiger partial charge in [-0.25, -0.2) is 4.39 Å². The maximum Gasteiger partial charge on any atom is 0.264 e. The molecule has 0 saturated carbocycles. The van der Waals surface area contributed by atoms with E-state index in [1.54, 1.807) is 12.1 Å². The molecule has 0 aliphatic rings.